The van der Waals surface area contributed by atoms with Gasteiger partial charge in [0, 0.05) is 11.8 Å². The number of carbonyl (C=O) groups is 1. The Bertz CT molecular complexity index is 801. The van der Waals surface area contributed by atoms with E-state index in [0.29, 0.717) is 11.6 Å². The van der Waals surface area contributed by atoms with Crippen LogP contribution in [-0.4, -0.2) is 24.5 Å². The topological polar surface area (TPSA) is 48.4 Å². The standard InChI is InChI=1S/C17H12F5NO3/c1-25-14-8-10(3-6-13(14)26-16(18)19)2-5-12(24)11-4-7-15(23-9-11)17(20,21)22/h2-9,16H,1H3/b5-2+. The maximum atomic E-state index is 12.4. The Morgan fingerprint density at radius 1 is 1.15 bits per heavy atom. The van der Waals surface area contributed by atoms with Gasteiger partial charge in [0.15, 0.2) is 17.3 Å². The monoisotopic (exact) mass is 373 g/mol. The van der Waals surface area contributed by atoms with Gasteiger partial charge in [0.1, 0.15) is 5.69 Å². The Balaban J connectivity index is 2.14. The summed E-state index contributed by atoms with van der Waals surface area (Å²) in [6.45, 7) is -3.01. The third kappa shape index (κ3) is 5.01. The normalized spacial score (nSPS) is 11.8. The molecule has 0 bridgehead atoms. The summed E-state index contributed by atoms with van der Waals surface area (Å²) >= 11 is 0. The largest absolute Gasteiger partial charge is 0.493 e. The number of allylic oxidation sites excluding steroid dienone is 1. The molecular formula is C17H12F5NO3. The number of nitrogens with zero attached hydrogens (tertiary/aromatic N) is 1. The second-order valence-corrected chi connectivity index (χ2v) is 4.92. The second kappa shape index (κ2) is 7.94. The van der Waals surface area contributed by atoms with Gasteiger partial charge in [-0.15, -0.1) is 0 Å². The zero-order valence-electron chi connectivity index (χ0n) is 13.3. The van der Waals surface area contributed by atoms with E-state index in [0.717, 1.165) is 18.3 Å². The summed E-state index contributed by atoms with van der Waals surface area (Å²) in [4.78, 5) is 15.2. The molecule has 0 atom stereocenters. The highest BCUT2D eigenvalue weighted by Gasteiger charge is 2.32. The van der Waals surface area contributed by atoms with Crippen LogP contribution in [0.2, 0.25) is 0 Å². The molecule has 9 heteroatoms. The van der Waals surface area contributed by atoms with Crippen LogP contribution in [0.5, 0.6) is 11.5 Å². The first-order valence-corrected chi connectivity index (χ1v) is 7.09. The molecule has 0 amide bonds. The molecule has 0 aliphatic heterocycles. The van der Waals surface area contributed by atoms with Gasteiger partial charge >= 0.3 is 12.8 Å². The first-order chi connectivity index (χ1) is 12.2. The molecule has 26 heavy (non-hydrogen) atoms. The number of pyridine rings is 1. The molecule has 4 nitrogen and oxygen atoms in total. The second-order valence-electron chi connectivity index (χ2n) is 4.92. The van der Waals surface area contributed by atoms with Crippen LogP contribution in [0.3, 0.4) is 0 Å². The van der Waals surface area contributed by atoms with Crippen LogP contribution in [0.1, 0.15) is 21.6 Å². The van der Waals surface area contributed by atoms with Crippen LogP contribution in [0, 0.1) is 0 Å². The van der Waals surface area contributed by atoms with Gasteiger partial charge in [0.25, 0.3) is 0 Å². The molecule has 1 aromatic heterocycles. The van der Waals surface area contributed by atoms with Gasteiger partial charge in [-0.3, -0.25) is 9.78 Å². The van der Waals surface area contributed by atoms with Crippen LogP contribution in [0.4, 0.5) is 22.0 Å². The fraction of sp³-hybridized carbons (Fsp3) is 0.176. The lowest BCUT2D eigenvalue weighted by Gasteiger charge is -2.10. The van der Waals surface area contributed by atoms with Crippen molar-refractivity contribution in [3.05, 3.63) is 59.4 Å². The van der Waals surface area contributed by atoms with Gasteiger partial charge in [-0.1, -0.05) is 12.1 Å². The summed E-state index contributed by atoms with van der Waals surface area (Å²) in [5.74, 6) is -0.702. The summed E-state index contributed by atoms with van der Waals surface area (Å²) < 4.78 is 71.1. The number of methoxy groups -OCH3 is 1. The maximum absolute atomic E-state index is 12.4. The van der Waals surface area contributed by atoms with Gasteiger partial charge < -0.3 is 9.47 Å². The molecule has 0 saturated heterocycles. The minimum absolute atomic E-state index is 0.0288. The van der Waals surface area contributed by atoms with E-state index in [1.54, 1.807) is 0 Å². The molecule has 2 aromatic rings. The average molecular weight is 373 g/mol. The number of hydrogen-bond donors (Lipinski definition) is 0. The number of alkyl halides is 5. The number of halogens is 5. The van der Waals surface area contributed by atoms with Crippen molar-refractivity contribution >= 4 is 11.9 Å². The molecule has 1 aromatic carbocycles. The maximum Gasteiger partial charge on any atom is 0.433 e. The lowest BCUT2D eigenvalue weighted by molar-refractivity contribution is -0.141. The SMILES string of the molecule is COc1cc(/C=C/C(=O)c2ccc(C(F)(F)F)nc2)ccc1OC(F)F. The van der Waals surface area contributed by atoms with E-state index in [9.17, 15) is 26.7 Å². The summed E-state index contributed by atoms with van der Waals surface area (Å²) in [5, 5.41) is 0. The third-order valence-electron chi connectivity index (χ3n) is 3.17. The molecule has 0 aliphatic rings. The van der Waals surface area contributed by atoms with E-state index in [1.807, 2.05) is 0 Å². The van der Waals surface area contributed by atoms with Gasteiger partial charge in [0.05, 0.1) is 7.11 Å². The van der Waals surface area contributed by atoms with Crippen LogP contribution in [0.25, 0.3) is 6.08 Å². The van der Waals surface area contributed by atoms with E-state index in [4.69, 9.17) is 4.74 Å². The Morgan fingerprint density at radius 2 is 1.88 bits per heavy atom. The minimum Gasteiger partial charge on any atom is -0.493 e. The predicted molar refractivity (Wildman–Crippen MR) is 82.2 cm³/mol. The summed E-state index contributed by atoms with van der Waals surface area (Å²) in [6, 6.07) is 5.75. The summed E-state index contributed by atoms with van der Waals surface area (Å²) in [5.41, 5.74) is -0.687. The zero-order valence-corrected chi connectivity index (χ0v) is 13.3. The summed E-state index contributed by atoms with van der Waals surface area (Å²) in [6.07, 6.45) is -1.28. The molecule has 0 saturated carbocycles. The van der Waals surface area contributed by atoms with E-state index in [1.165, 1.54) is 31.4 Å². The van der Waals surface area contributed by atoms with Crippen molar-refractivity contribution in [2.24, 2.45) is 0 Å². The average Bonchev–Trinajstić information content (AvgIpc) is 2.59. The van der Waals surface area contributed by atoms with E-state index < -0.39 is 24.3 Å². The Labute approximate surface area is 144 Å². The molecule has 0 N–H and O–H groups in total. The molecule has 0 unspecified atom stereocenters. The Kier molecular flexibility index (Phi) is 5.91. The molecule has 0 aliphatic carbocycles. The van der Waals surface area contributed by atoms with E-state index >= 15 is 0 Å². The van der Waals surface area contributed by atoms with Crippen LogP contribution < -0.4 is 9.47 Å². The molecule has 0 fully saturated rings. The number of ketones is 1. The quantitative estimate of drug-likeness (QED) is 0.422. The van der Waals surface area contributed by atoms with Crippen molar-refractivity contribution in [1.82, 2.24) is 4.98 Å². The van der Waals surface area contributed by atoms with Crippen molar-refractivity contribution in [1.29, 1.82) is 0 Å². The summed E-state index contributed by atoms with van der Waals surface area (Å²) in [7, 11) is 1.26. The van der Waals surface area contributed by atoms with Crippen molar-refractivity contribution < 1.29 is 36.2 Å². The van der Waals surface area contributed by atoms with Crippen molar-refractivity contribution in [3.63, 3.8) is 0 Å². The predicted octanol–water partition coefficient (Wildman–Crippen LogP) is 4.61. The van der Waals surface area contributed by atoms with Crippen LogP contribution in [0.15, 0.2) is 42.6 Å². The lowest BCUT2D eigenvalue weighted by atomic mass is 10.1. The number of carbonyl (C=O) groups excluding carboxylic acids is 1. The number of ether oxygens (including phenoxy) is 2. The van der Waals surface area contributed by atoms with Gasteiger partial charge in [-0.2, -0.15) is 22.0 Å². The minimum atomic E-state index is -4.59. The highest BCUT2D eigenvalue weighted by Crippen LogP contribution is 2.30. The third-order valence-corrected chi connectivity index (χ3v) is 3.17. The van der Waals surface area contributed by atoms with E-state index in [-0.39, 0.29) is 17.1 Å². The number of benzene rings is 1. The van der Waals surface area contributed by atoms with Crippen molar-refractivity contribution in [3.8, 4) is 11.5 Å². The molecule has 0 radical (unpaired) electrons. The van der Waals surface area contributed by atoms with E-state index in [2.05, 4.69) is 9.72 Å². The smallest absolute Gasteiger partial charge is 0.433 e. The zero-order chi connectivity index (χ0) is 19.3. The first kappa shape index (κ1) is 19.4. The molecule has 138 valence electrons. The highest BCUT2D eigenvalue weighted by atomic mass is 19.4. The highest BCUT2D eigenvalue weighted by molar-refractivity contribution is 6.06. The van der Waals surface area contributed by atoms with Crippen LogP contribution >= 0.6 is 0 Å². The van der Waals surface area contributed by atoms with Gasteiger partial charge in [0.2, 0.25) is 0 Å². The number of aromatic nitrogens is 1. The number of rotatable bonds is 6. The fourth-order valence-corrected chi connectivity index (χ4v) is 1.96. The lowest BCUT2D eigenvalue weighted by Crippen LogP contribution is -2.08. The first-order valence-electron chi connectivity index (χ1n) is 7.09. The van der Waals surface area contributed by atoms with Crippen molar-refractivity contribution in [2.45, 2.75) is 12.8 Å². The molecule has 2 rings (SSSR count). The molecular weight excluding hydrogens is 361 g/mol. The van der Waals surface area contributed by atoms with Gasteiger partial charge in [-0.25, -0.2) is 0 Å². The number of hydrogen-bond acceptors (Lipinski definition) is 4. The van der Waals surface area contributed by atoms with Crippen LogP contribution in [-0.2, 0) is 6.18 Å². The Hall–Kier alpha value is -2.97. The Morgan fingerprint density at radius 3 is 2.42 bits per heavy atom. The van der Waals surface area contributed by atoms with Gasteiger partial charge in [-0.05, 0) is 35.9 Å². The fourth-order valence-electron chi connectivity index (χ4n) is 1.96. The van der Waals surface area contributed by atoms with Crippen molar-refractivity contribution in [2.75, 3.05) is 7.11 Å². The molecule has 1 heterocycles. The molecule has 0 spiro atoms.